The zero-order chi connectivity index (χ0) is 17.5. The smallest absolute Gasteiger partial charge is 0.323 e. The van der Waals surface area contributed by atoms with Gasteiger partial charge in [0.2, 0.25) is 0 Å². The monoisotopic (exact) mass is 358 g/mol. The number of ether oxygens (including phenoxy) is 1. The van der Waals surface area contributed by atoms with Crippen molar-refractivity contribution < 1.29 is 9.53 Å². The topological polar surface area (TPSA) is 62.1 Å². The Kier molecular flexibility index (Phi) is 8.13. The van der Waals surface area contributed by atoms with Crippen LogP contribution in [-0.2, 0) is 16.1 Å². The Morgan fingerprint density at radius 2 is 1.88 bits per heavy atom. The van der Waals surface area contributed by atoms with Crippen LogP contribution in [0.15, 0.2) is 48.5 Å². The number of nitrogens with one attached hydrogen (secondary N) is 1. The maximum atomic E-state index is 11.8. The van der Waals surface area contributed by atoms with Gasteiger partial charge in [0.15, 0.2) is 0 Å². The lowest BCUT2D eigenvalue weighted by molar-refractivity contribution is -0.144. The highest BCUT2D eigenvalue weighted by Gasteiger charge is 2.22. The number of benzene rings is 2. The molecule has 0 saturated heterocycles. The summed E-state index contributed by atoms with van der Waals surface area (Å²) in [6.07, 6.45) is 0. The SMILES string of the molecule is COC(=O)C(NCc1ccc(-c2ccccc2)c(C#N)c1)C(C)C.Cl. The number of hydrogen-bond donors (Lipinski definition) is 1. The van der Waals surface area contributed by atoms with Crippen LogP contribution < -0.4 is 5.32 Å². The molecule has 0 heterocycles. The molecule has 0 saturated carbocycles. The molecule has 1 N–H and O–H groups in total. The normalized spacial score (nSPS) is 11.3. The van der Waals surface area contributed by atoms with Gasteiger partial charge in [0.05, 0.1) is 18.7 Å². The van der Waals surface area contributed by atoms with E-state index in [1.165, 1.54) is 7.11 Å². The van der Waals surface area contributed by atoms with Gasteiger partial charge in [-0.1, -0.05) is 56.3 Å². The molecule has 1 unspecified atom stereocenters. The Morgan fingerprint density at radius 1 is 1.20 bits per heavy atom. The Balaban J connectivity index is 0.00000312. The summed E-state index contributed by atoms with van der Waals surface area (Å²) in [4.78, 5) is 11.8. The molecule has 4 nitrogen and oxygen atoms in total. The lowest BCUT2D eigenvalue weighted by Crippen LogP contribution is -2.41. The minimum Gasteiger partial charge on any atom is -0.468 e. The number of halogens is 1. The van der Waals surface area contributed by atoms with E-state index in [-0.39, 0.29) is 30.3 Å². The summed E-state index contributed by atoms with van der Waals surface area (Å²) < 4.78 is 4.83. The molecule has 0 fully saturated rings. The highest BCUT2D eigenvalue weighted by Crippen LogP contribution is 2.24. The van der Waals surface area contributed by atoms with Crippen molar-refractivity contribution >= 4 is 18.4 Å². The minimum absolute atomic E-state index is 0. The van der Waals surface area contributed by atoms with Gasteiger partial charge in [0.25, 0.3) is 0 Å². The molecule has 0 amide bonds. The summed E-state index contributed by atoms with van der Waals surface area (Å²) in [7, 11) is 1.39. The summed E-state index contributed by atoms with van der Waals surface area (Å²) in [6, 6.07) is 17.5. The van der Waals surface area contributed by atoms with Crippen molar-refractivity contribution in [2.45, 2.75) is 26.4 Å². The zero-order valence-corrected chi connectivity index (χ0v) is 15.5. The molecular weight excluding hydrogens is 336 g/mol. The Labute approximate surface area is 155 Å². The van der Waals surface area contributed by atoms with E-state index in [2.05, 4.69) is 11.4 Å². The third-order valence-corrected chi connectivity index (χ3v) is 3.94. The van der Waals surface area contributed by atoms with Gasteiger partial charge in [-0.15, -0.1) is 12.4 Å². The van der Waals surface area contributed by atoms with Crippen molar-refractivity contribution in [1.82, 2.24) is 5.32 Å². The third kappa shape index (κ3) is 5.32. The number of carbonyl (C=O) groups is 1. The summed E-state index contributed by atoms with van der Waals surface area (Å²) >= 11 is 0. The Hall–Kier alpha value is -2.35. The van der Waals surface area contributed by atoms with Crippen LogP contribution in [0.2, 0.25) is 0 Å². The highest BCUT2D eigenvalue weighted by molar-refractivity contribution is 5.85. The zero-order valence-electron chi connectivity index (χ0n) is 14.7. The maximum Gasteiger partial charge on any atom is 0.323 e. The van der Waals surface area contributed by atoms with E-state index in [4.69, 9.17) is 4.74 Å². The van der Waals surface area contributed by atoms with Crippen molar-refractivity contribution in [1.29, 1.82) is 5.26 Å². The lowest BCUT2D eigenvalue weighted by atomic mass is 9.98. The van der Waals surface area contributed by atoms with Gasteiger partial charge in [-0.25, -0.2) is 0 Å². The van der Waals surface area contributed by atoms with E-state index in [1.54, 1.807) is 0 Å². The molecule has 0 spiro atoms. The first-order valence-electron chi connectivity index (χ1n) is 7.96. The largest absolute Gasteiger partial charge is 0.468 e. The van der Waals surface area contributed by atoms with Crippen molar-refractivity contribution in [3.63, 3.8) is 0 Å². The summed E-state index contributed by atoms with van der Waals surface area (Å²) in [5.74, 6) is -0.150. The molecule has 0 aromatic heterocycles. The van der Waals surface area contributed by atoms with E-state index >= 15 is 0 Å². The molecule has 0 aliphatic heterocycles. The van der Waals surface area contributed by atoms with E-state index in [0.29, 0.717) is 12.1 Å². The van der Waals surface area contributed by atoms with Crippen molar-refractivity contribution in [3.05, 3.63) is 59.7 Å². The molecule has 0 radical (unpaired) electrons. The van der Waals surface area contributed by atoms with Gasteiger partial charge < -0.3 is 10.1 Å². The number of methoxy groups -OCH3 is 1. The summed E-state index contributed by atoms with van der Waals surface area (Å²) in [5, 5.41) is 12.7. The van der Waals surface area contributed by atoms with Gasteiger partial charge in [-0.2, -0.15) is 5.26 Å². The van der Waals surface area contributed by atoms with Crippen molar-refractivity contribution in [3.8, 4) is 17.2 Å². The fourth-order valence-corrected chi connectivity index (χ4v) is 2.61. The second kappa shape index (κ2) is 9.83. The molecule has 2 rings (SSSR count). The van der Waals surface area contributed by atoms with Gasteiger partial charge in [-0.3, -0.25) is 4.79 Å². The van der Waals surface area contributed by atoms with Crippen molar-refractivity contribution in [2.24, 2.45) is 5.92 Å². The molecule has 1 atom stereocenters. The summed E-state index contributed by atoms with van der Waals surface area (Å²) in [5.41, 5.74) is 3.51. The van der Waals surface area contributed by atoms with Crippen LogP contribution in [0.5, 0.6) is 0 Å². The molecular formula is C20H23ClN2O2. The van der Waals surface area contributed by atoms with Gasteiger partial charge in [-0.05, 0) is 28.7 Å². The molecule has 2 aromatic carbocycles. The second-order valence-corrected chi connectivity index (χ2v) is 5.98. The van der Waals surface area contributed by atoms with Gasteiger partial charge >= 0.3 is 5.97 Å². The molecule has 0 bridgehead atoms. The number of nitriles is 1. The highest BCUT2D eigenvalue weighted by atomic mass is 35.5. The molecule has 0 aliphatic rings. The number of hydrogen-bond acceptors (Lipinski definition) is 4. The Bertz CT molecular complexity index is 739. The molecule has 132 valence electrons. The van der Waals surface area contributed by atoms with Crippen molar-refractivity contribution in [2.75, 3.05) is 7.11 Å². The molecule has 2 aromatic rings. The maximum absolute atomic E-state index is 11.8. The van der Waals surface area contributed by atoms with Crippen LogP contribution in [0, 0.1) is 17.2 Å². The van der Waals surface area contributed by atoms with E-state index in [9.17, 15) is 10.1 Å². The van der Waals surface area contributed by atoms with Crippen LogP contribution >= 0.6 is 12.4 Å². The van der Waals surface area contributed by atoms with Crippen LogP contribution in [0.3, 0.4) is 0 Å². The van der Waals surface area contributed by atoms with Gasteiger partial charge in [0, 0.05) is 6.54 Å². The van der Waals surface area contributed by atoms with E-state index in [1.807, 2.05) is 62.4 Å². The minimum atomic E-state index is -0.366. The third-order valence-electron chi connectivity index (χ3n) is 3.94. The average molecular weight is 359 g/mol. The van der Waals surface area contributed by atoms with Crippen LogP contribution in [0.1, 0.15) is 25.0 Å². The number of esters is 1. The van der Waals surface area contributed by atoms with Crippen LogP contribution in [-0.4, -0.2) is 19.1 Å². The predicted octanol–water partition coefficient (Wildman–Crippen LogP) is 3.93. The first kappa shape index (κ1) is 20.7. The van der Waals surface area contributed by atoms with Crippen LogP contribution in [0.4, 0.5) is 0 Å². The standard InChI is InChI=1S/C20H22N2O2.ClH/c1-14(2)19(20(23)24-3)22-13-15-9-10-18(17(11-15)12-21)16-7-5-4-6-8-16;/h4-11,14,19,22H,13H2,1-3H3;1H. The number of rotatable bonds is 6. The lowest BCUT2D eigenvalue weighted by Gasteiger charge is -2.20. The summed E-state index contributed by atoms with van der Waals surface area (Å²) in [6.45, 7) is 4.43. The fourth-order valence-electron chi connectivity index (χ4n) is 2.61. The average Bonchev–Trinajstić information content (AvgIpc) is 2.61. The first-order chi connectivity index (χ1) is 11.6. The molecule has 25 heavy (non-hydrogen) atoms. The van der Waals surface area contributed by atoms with E-state index < -0.39 is 0 Å². The fraction of sp³-hybridized carbons (Fsp3) is 0.300. The number of nitrogens with zero attached hydrogens (tertiary/aromatic N) is 1. The second-order valence-electron chi connectivity index (χ2n) is 5.98. The quantitative estimate of drug-likeness (QED) is 0.794. The molecule has 0 aliphatic carbocycles. The number of carbonyl (C=O) groups excluding carboxylic acids is 1. The molecule has 5 heteroatoms. The predicted molar refractivity (Wildman–Crippen MR) is 101 cm³/mol. The van der Waals surface area contributed by atoms with Gasteiger partial charge in [0.1, 0.15) is 6.04 Å². The van der Waals surface area contributed by atoms with E-state index in [0.717, 1.165) is 16.7 Å². The Morgan fingerprint density at radius 3 is 2.44 bits per heavy atom. The first-order valence-corrected chi connectivity index (χ1v) is 7.96. The van der Waals surface area contributed by atoms with Crippen LogP contribution in [0.25, 0.3) is 11.1 Å².